The van der Waals surface area contributed by atoms with Gasteiger partial charge in [0.15, 0.2) is 0 Å². The Hall–Kier alpha value is -1.42. The van der Waals surface area contributed by atoms with Gasteiger partial charge in [0, 0.05) is 24.7 Å². The van der Waals surface area contributed by atoms with E-state index in [9.17, 15) is 12.8 Å². The summed E-state index contributed by atoms with van der Waals surface area (Å²) < 4.78 is 37.6. The third-order valence-electron chi connectivity index (χ3n) is 3.03. The highest BCUT2D eigenvalue weighted by Crippen LogP contribution is 2.09. The van der Waals surface area contributed by atoms with Crippen molar-refractivity contribution in [3.8, 4) is 11.8 Å². The molecule has 1 saturated heterocycles. The SMILES string of the molecule is CS(=O)(=O)NC1CCN(CC#Cc2ccc(F)cc2)C1. The number of nitrogens with zero attached hydrogens (tertiary/aromatic N) is 1. The van der Waals surface area contributed by atoms with Gasteiger partial charge in [0.1, 0.15) is 5.82 Å². The predicted molar refractivity (Wildman–Crippen MR) is 76.1 cm³/mol. The Labute approximate surface area is 119 Å². The van der Waals surface area contributed by atoms with E-state index in [1.54, 1.807) is 12.1 Å². The monoisotopic (exact) mass is 296 g/mol. The van der Waals surface area contributed by atoms with Crippen LogP contribution in [0.2, 0.25) is 0 Å². The molecule has 1 heterocycles. The number of nitrogens with one attached hydrogen (secondary N) is 1. The van der Waals surface area contributed by atoms with E-state index in [0.717, 1.165) is 18.5 Å². The maximum Gasteiger partial charge on any atom is 0.208 e. The van der Waals surface area contributed by atoms with Gasteiger partial charge in [-0.15, -0.1) is 0 Å². The lowest BCUT2D eigenvalue weighted by molar-refractivity contribution is 0.374. The van der Waals surface area contributed by atoms with E-state index >= 15 is 0 Å². The molecule has 0 saturated carbocycles. The molecule has 2 rings (SSSR count). The quantitative estimate of drug-likeness (QED) is 0.840. The number of halogens is 1. The smallest absolute Gasteiger partial charge is 0.208 e. The summed E-state index contributed by atoms with van der Waals surface area (Å²) in [6.07, 6.45) is 1.97. The molecule has 1 aliphatic heterocycles. The number of benzene rings is 1. The fourth-order valence-electron chi connectivity index (χ4n) is 2.16. The van der Waals surface area contributed by atoms with Crippen molar-refractivity contribution in [3.05, 3.63) is 35.6 Å². The largest absolute Gasteiger partial charge is 0.291 e. The van der Waals surface area contributed by atoms with E-state index in [1.807, 2.05) is 0 Å². The summed E-state index contributed by atoms with van der Waals surface area (Å²) in [5, 5.41) is 0. The van der Waals surface area contributed by atoms with E-state index < -0.39 is 10.0 Å². The average molecular weight is 296 g/mol. The van der Waals surface area contributed by atoms with Crippen LogP contribution < -0.4 is 4.72 Å². The molecule has 0 aliphatic carbocycles. The Kier molecular flexibility index (Phi) is 4.76. The lowest BCUT2D eigenvalue weighted by Crippen LogP contribution is -2.36. The van der Waals surface area contributed by atoms with Gasteiger partial charge in [-0.25, -0.2) is 17.5 Å². The van der Waals surface area contributed by atoms with Crippen molar-refractivity contribution in [1.29, 1.82) is 0 Å². The molecule has 4 nitrogen and oxygen atoms in total. The third kappa shape index (κ3) is 4.93. The zero-order valence-corrected chi connectivity index (χ0v) is 12.1. The van der Waals surface area contributed by atoms with Crippen molar-refractivity contribution in [2.45, 2.75) is 12.5 Å². The van der Waals surface area contributed by atoms with Gasteiger partial charge in [0.25, 0.3) is 0 Å². The number of hydrogen-bond donors (Lipinski definition) is 1. The van der Waals surface area contributed by atoms with Gasteiger partial charge in [0.05, 0.1) is 12.8 Å². The Morgan fingerprint density at radius 3 is 2.75 bits per heavy atom. The molecular formula is C14H17FN2O2S. The number of likely N-dealkylation sites (tertiary alicyclic amines) is 1. The molecule has 1 N–H and O–H groups in total. The van der Waals surface area contributed by atoms with Crippen molar-refractivity contribution >= 4 is 10.0 Å². The van der Waals surface area contributed by atoms with Crippen LogP contribution in [-0.2, 0) is 10.0 Å². The van der Waals surface area contributed by atoms with Crippen molar-refractivity contribution in [2.75, 3.05) is 25.9 Å². The molecule has 1 aliphatic rings. The van der Waals surface area contributed by atoms with Crippen molar-refractivity contribution < 1.29 is 12.8 Å². The normalized spacial score (nSPS) is 19.6. The van der Waals surface area contributed by atoms with Gasteiger partial charge >= 0.3 is 0 Å². The number of hydrogen-bond acceptors (Lipinski definition) is 3. The van der Waals surface area contributed by atoms with Crippen LogP contribution in [0.5, 0.6) is 0 Å². The summed E-state index contributed by atoms with van der Waals surface area (Å²) in [7, 11) is -3.15. The summed E-state index contributed by atoms with van der Waals surface area (Å²) in [6.45, 7) is 2.08. The molecule has 1 atom stereocenters. The zero-order chi connectivity index (χ0) is 14.6. The fraction of sp³-hybridized carbons (Fsp3) is 0.429. The minimum Gasteiger partial charge on any atom is -0.291 e. The highest BCUT2D eigenvalue weighted by molar-refractivity contribution is 7.88. The predicted octanol–water partition coefficient (Wildman–Crippen LogP) is 0.801. The van der Waals surface area contributed by atoms with Crippen LogP contribution in [0.3, 0.4) is 0 Å². The van der Waals surface area contributed by atoms with Crippen LogP contribution in [0.1, 0.15) is 12.0 Å². The first kappa shape index (κ1) is 15.0. The second kappa shape index (κ2) is 6.35. The zero-order valence-electron chi connectivity index (χ0n) is 11.3. The molecule has 1 unspecified atom stereocenters. The molecular weight excluding hydrogens is 279 g/mol. The van der Waals surface area contributed by atoms with E-state index in [-0.39, 0.29) is 11.9 Å². The second-order valence-corrected chi connectivity index (χ2v) is 6.70. The molecule has 0 amide bonds. The molecule has 1 aromatic carbocycles. The summed E-state index contributed by atoms with van der Waals surface area (Å²) >= 11 is 0. The topological polar surface area (TPSA) is 49.4 Å². The molecule has 0 bridgehead atoms. The molecule has 1 aromatic rings. The standard InChI is InChI=1S/C14H17FN2O2S/c1-20(18,19)16-14-8-10-17(11-14)9-2-3-12-4-6-13(15)7-5-12/h4-7,14,16H,8-11H2,1H3. The van der Waals surface area contributed by atoms with Crippen LogP contribution in [0.4, 0.5) is 4.39 Å². The number of rotatable bonds is 3. The van der Waals surface area contributed by atoms with Crippen molar-refractivity contribution in [1.82, 2.24) is 9.62 Å². The van der Waals surface area contributed by atoms with Crippen LogP contribution in [-0.4, -0.2) is 45.2 Å². The van der Waals surface area contributed by atoms with Crippen LogP contribution >= 0.6 is 0 Å². The summed E-state index contributed by atoms with van der Waals surface area (Å²) in [6, 6.07) is 6.01. The van der Waals surface area contributed by atoms with Crippen molar-refractivity contribution in [3.63, 3.8) is 0 Å². The van der Waals surface area contributed by atoms with E-state index in [0.29, 0.717) is 13.1 Å². The Morgan fingerprint density at radius 2 is 2.10 bits per heavy atom. The van der Waals surface area contributed by atoms with Crippen LogP contribution in [0.15, 0.2) is 24.3 Å². The lowest BCUT2D eigenvalue weighted by Gasteiger charge is -2.12. The minimum absolute atomic E-state index is 0.0300. The van der Waals surface area contributed by atoms with Gasteiger partial charge in [-0.1, -0.05) is 11.8 Å². The van der Waals surface area contributed by atoms with Crippen LogP contribution in [0, 0.1) is 17.7 Å². The summed E-state index contributed by atoms with van der Waals surface area (Å²) in [4.78, 5) is 2.10. The third-order valence-corrected chi connectivity index (χ3v) is 3.79. The lowest BCUT2D eigenvalue weighted by atomic mass is 10.2. The molecule has 0 aromatic heterocycles. The maximum atomic E-state index is 12.7. The first-order valence-electron chi connectivity index (χ1n) is 6.36. The van der Waals surface area contributed by atoms with Gasteiger partial charge in [0.2, 0.25) is 10.0 Å². The molecule has 20 heavy (non-hydrogen) atoms. The van der Waals surface area contributed by atoms with Crippen molar-refractivity contribution in [2.24, 2.45) is 0 Å². The Bertz CT molecular complexity index is 617. The van der Waals surface area contributed by atoms with Gasteiger partial charge in [-0.05, 0) is 30.7 Å². The van der Waals surface area contributed by atoms with E-state index in [2.05, 4.69) is 21.5 Å². The van der Waals surface area contributed by atoms with Gasteiger partial charge < -0.3 is 0 Å². The number of sulfonamides is 1. The first-order valence-corrected chi connectivity index (χ1v) is 8.25. The van der Waals surface area contributed by atoms with E-state index in [1.165, 1.54) is 18.4 Å². The van der Waals surface area contributed by atoms with Gasteiger partial charge in [-0.2, -0.15) is 0 Å². The molecule has 108 valence electrons. The highest BCUT2D eigenvalue weighted by Gasteiger charge is 2.23. The maximum absolute atomic E-state index is 12.7. The minimum atomic E-state index is -3.15. The van der Waals surface area contributed by atoms with Gasteiger partial charge in [-0.3, -0.25) is 4.90 Å². The van der Waals surface area contributed by atoms with Crippen LogP contribution in [0.25, 0.3) is 0 Å². The molecule has 1 fully saturated rings. The second-order valence-electron chi connectivity index (χ2n) is 4.92. The Morgan fingerprint density at radius 1 is 1.40 bits per heavy atom. The molecule has 0 spiro atoms. The molecule has 0 radical (unpaired) electrons. The fourth-order valence-corrected chi connectivity index (χ4v) is 2.96. The van der Waals surface area contributed by atoms with E-state index in [4.69, 9.17) is 0 Å². The summed E-state index contributed by atoms with van der Waals surface area (Å²) in [5.41, 5.74) is 0.774. The summed E-state index contributed by atoms with van der Waals surface area (Å²) in [5.74, 6) is 5.71. The highest BCUT2D eigenvalue weighted by atomic mass is 32.2. The molecule has 6 heteroatoms. The average Bonchev–Trinajstić information content (AvgIpc) is 2.77. The first-order chi connectivity index (χ1) is 9.42. The Balaban J connectivity index is 1.83.